The fourth-order valence-electron chi connectivity index (χ4n) is 3.36. The Morgan fingerprint density at radius 2 is 1.97 bits per heavy atom. The molecule has 0 fully saturated rings. The van der Waals surface area contributed by atoms with Crippen LogP contribution in [0, 0.1) is 0 Å². The standard InChI is InChI=1S/C20H19F3N8O3S/c1-31(35(2,33)34)18-12(7-24-10-27-18)8-25-17-13(20(21,22)23)9-26-19(30-17)28-14-5-3-4-11-6-15(32)29-16(11)14/h3-5,7,9-10H,6,8H2,1-2H3,(H,29,32)(H2,25,26,28,30). The van der Waals surface area contributed by atoms with Crippen molar-refractivity contribution in [1.29, 1.82) is 0 Å². The van der Waals surface area contributed by atoms with E-state index in [0.29, 0.717) is 17.6 Å². The van der Waals surface area contributed by atoms with Crippen LogP contribution in [-0.2, 0) is 34.0 Å². The summed E-state index contributed by atoms with van der Waals surface area (Å²) >= 11 is 0. The minimum Gasteiger partial charge on any atom is -0.365 e. The van der Waals surface area contributed by atoms with E-state index in [9.17, 15) is 26.4 Å². The molecule has 1 aliphatic rings. The Hall–Kier alpha value is -4.01. The normalized spacial score (nSPS) is 13.2. The summed E-state index contributed by atoms with van der Waals surface area (Å²) < 4.78 is 65.6. The lowest BCUT2D eigenvalue weighted by molar-refractivity contribution is -0.137. The number of nitrogens with one attached hydrogen (secondary N) is 3. The highest BCUT2D eigenvalue weighted by molar-refractivity contribution is 7.92. The summed E-state index contributed by atoms with van der Waals surface area (Å²) in [5, 5.41) is 8.11. The molecule has 1 aliphatic heterocycles. The van der Waals surface area contributed by atoms with Gasteiger partial charge in [0.25, 0.3) is 0 Å². The number of nitrogens with zero attached hydrogens (tertiary/aromatic N) is 5. The maximum atomic E-state index is 13.6. The van der Waals surface area contributed by atoms with Crippen LogP contribution >= 0.6 is 0 Å². The Bertz CT molecular complexity index is 1400. The molecule has 0 bridgehead atoms. The molecular formula is C20H19F3N8O3S. The highest BCUT2D eigenvalue weighted by Gasteiger charge is 2.35. The molecule has 184 valence electrons. The molecule has 4 rings (SSSR count). The molecule has 35 heavy (non-hydrogen) atoms. The van der Waals surface area contributed by atoms with Crippen LogP contribution in [0.2, 0.25) is 0 Å². The number of benzene rings is 1. The van der Waals surface area contributed by atoms with Gasteiger partial charge in [-0.15, -0.1) is 0 Å². The maximum Gasteiger partial charge on any atom is 0.421 e. The van der Waals surface area contributed by atoms with E-state index in [2.05, 4.69) is 35.9 Å². The Morgan fingerprint density at radius 3 is 2.69 bits per heavy atom. The lowest BCUT2D eigenvalue weighted by atomic mass is 10.1. The van der Waals surface area contributed by atoms with Crippen molar-refractivity contribution in [3.8, 4) is 0 Å². The monoisotopic (exact) mass is 508 g/mol. The average Bonchev–Trinajstić information content (AvgIpc) is 3.17. The number of alkyl halides is 3. The maximum absolute atomic E-state index is 13.6. The zero-order valence-electron chi connectivity index (χ0n) is 18.4. The van der Waals surface area contributed by atoms with E-state index in [1.807, 2.05) is 0 Å². The lowest BCUT2D eigenvalue weighted by Crippen LogP contribution is -2.27. The van der Waals surface area contributed by atoms with Crippen molar-refractivity contribution in [1.82, 2.24) is 19.9 Å². The smallest absolute Gasteiger partial charge is 0.365 e. The minimum atomic E-state index is -4.76. The van der Waals surface area contributed by atoms with Gasteiger partial charge in [-0.3, -0.25) is 9.10 Å². The number of sulfonamides is 1. The van der Waals surface area contributed by atoms with Gasteiger partial charge >= 0.3 is 6.18 Å². The van der Waals surface area contributed by atoms with Gasteiger partial charge in [0.2, 0.25) is 21.9 Å². The number of hydrogen-bond donors (Lipinski definition) is 3. The third-order valence-electron chi connectivity index (χ3n) is 5.11. The second kappa shape index (κ2) is 8.98. The number of anilines is 5. The van der Waals surface area contributed by atoms with Crippen LogP contribution in [0.3, 0.4) is 0 Å². The molecule has 0 spiro atoms. The molecule has 0 unspecified atom stereocenters. The fraction of sp³-hybridized carbons (Fsp3) is 0.250. The van der Waals surface area contributed by atoms with E-state index in [1.54, 1.807) is 18.2 Å². The zero-order chi connectivity index (χ0) is 25.4. The summed E-state index contributed by atoms with van der Waals surface area (Å²) in [6.45, 7) is -0.258. The summed E-state index contributed by atoms with van der Waals surface area (Å²) in [5.41, 5.74) is 0.768. The van der Waals surface area contributed by atoms with Crippen LogP contribution < -0.4 is 20.3 Å². The minimum absolute atomic E-state index is 0.00607. The summed E-state index contributed by atoms with van der Waals surface area (Å²) in [5.74, 6) is -0.882. The zero-order valence-corrected chi connectivity index (χ0v) is 19.2. The number of halogens is 3. The number of carbonyl (C=O) groups is 1. The molecule has 3 heterocycles. The Morgan fingerprint density at radius 1 is 1.20 bits per heavy atom. The third kappa shape index (κ3) is 5.24. The molecule has 2 aromatic heterocycles. The molecule has 3 aromatic rings. The van der Waals surface area contributed by atoms with Crippen LogP contribution in [0.15, 0.2) is 36.9 Å². The molecule has 0 saturated carbocycles. The van der Waals surface area contributed by atoms with Crippen molar-refractivity contribution in [2.24, 2.45) is 0 Å². The molecule has 1 aromatic carbocycles. The molecule has 0 saturated heterocycles. The molecule has 0 atom stereocenters. The third-order valence-corrected chi connectivity index (χ3v) is 6.28. The van der Waals surface area contributed by atoms with E-state index >= 15 is 0 Å². The van der Waals surface area contributed by atoms with Crippen LogP contribution in [0.4, 0.5) is 42.1 Å². The SMILES string of the molecule is CN(c1ncncc1CNc1nc(Nc2cccc3c2NC(=O)C3)ncc1C(F)(F)F)S(C)(=O)=O. The number of fused-ring (bicyclic) bond motifs is 1. The van der Waals surface area contributed by atoms with Crippen molar-refractivity contribution in [2.45, 2.75) is 19.1 Å². The second-order valence-corrected chi connectivity index (χ2v) is 9.61. The molecule has 0 aliphatic carbocycles. The van der Waals surface area contributed by atoms with Crippen LogP contribution in [0.1, 0.15) is 16.7 Å². The molecule has 0 radical (unpaired) electrons. The van der Waals surface area contributed by atoms with Crippen LogP contribution in [0.5, 0.6) is 0 Å². The molecule has 3 N–H and O–H groups in total. The number of carbonyl (C=O) groups excluding carboxylic acids is 1. The Balaban J connectivity index is 1.64. The van der Waals surface area contributed by atoms with Gasteiger partial charge in [-0.1, -0.05) is 12.1 Å². The molecular weight excluding hydrogens is 489 g/mol. The predicted molar refractivity (Wildman–Crippen MR) is 122 cm³/mol. The summed E-state index contributed by atoms with van der Waals surface area (Å²) in [7, 11) is -2.40. The predicted octanol–water partition coefficient (Wildman–Crippen LogP) is 2.53. The number of amides is 1. The Kier molecular flexibility index (Phi) is 6.19. The first-order chi connectivity index (χ1) is 16.4. The summed E-state index contributed by atoms with van der Waals surface area (Å²) in [6, 6.07) is 5.08. The first-order valence-corrected chi connectivity index (χ1v) is 11.9. The Labute approximate surface area is 197 Å². The number of rotatable bonds is 7. The van der Waals surface area contributed by atoms with Gasteiger partial charge in [-0.2, -0.15) is 18.2 Å². The van der Waals surface area contributed by atoms with Gasteiger partial charge in [0.15, 0.2) is 0 Å². The van der Waals surface area contributed by atoms with Crippen molar-refractivity contribution >= 4 is 44.9 Å². The lowest BCUT2D eigenvalue weighted by Gasteiger charge is -2.19. The van der Waals surface area contributed by atoms with Crippen molar-refractivity contribution in [3.05, 3.63) is 53.6 Å². The van der Waals surface area contributed by atoms with Crippen molar-refractivity contribution in [3.63, 3.8) is 0 Å². The summed E-state index contributed by atoms with van der Waals surface area (Å²) in [4.78, 5) is 27.2. The van der Waals surface area contributed by atoms with Crippen molar-refractivity contribution in [2.75, 3.05) is 33.6 Å². The van der Waals surface area contributed by atoms with Gasteiger partial charge in [0.05, 0.1) is 24.1 Å². The number of hydrogen-bond acceptors (Lipinski definition) is 9. The van der Waals surface area contributed by atoms with Crippen molar-refractivity contribution < 1.29 is 26.4 Å². The fourth-order valence-corrected chi connectivity index (χ4v) is 3.84. The van der Waals surface area contributed by atoms with E-state index in [1.165, 1.54) is 13.2 Å². The van der Waals surface area contributed by atoms with E-state index in [-0.39, 0.29) is 36.2 Å². The molecule has 15 heteroatoms. The van der Waals surface area contributed by atoms with Crippen LogP contribution in [0.25, 0.3) is 0 Å². The first-order valence-electron chi connectivity index (χ1n) is 10.0. The van der Waals surface area contributed by atoms with Gasteiger partial charge in [-0.05, 0) is 11.6 Å². The number of aromatic nitrogens is 4. The molecule has 11 nitrogen and oxygen atoms in total. The largest absolute Gasteiger partial charge is 0.421 e. The van der Waals surface area contributed by atoms with Gasteiger partial charge < -0.3 is 16.0 Å². The van der Waals surface area contributed by atoms with Gasteiger partial charge in [0, 0.05) is 31.5 Å². The second-order valence-electron chi connectivity index (χ2n) is 7.60. The molecule has 1 amide bonds. The quantitative estimate of drug-likeness (QED) is 0.439. The number of para-hydroxylation sites is 1. The van der Waals surface area contributed by atoms with Crippen LogP contribution in [-0.4, -0.2) is 47.6 Å². The van der Waals surface area contributed by atoms with E-state index < -0.39 is 27.6 Å². The first kappa shape index (κ1) is 24.1. The highest BCUT2D eigenvalue weighted by atomic mass is 32.2. The topological polar surface area (TPSA) is 142 Å². The van der Waals surface area contributed by atoms with Gasteiger partial charge in [0.1, 0.15) is 23.5 Å². The van der Waals surface area contributed by atoms with Gasteiger partial charge in [-0.25, -0.2) is 23.4 Å². The van der Waals surface area contributed by atoms with E-state index in [4.69, 9.17) is 0 Å². The van der Waals surface area contributed by atoms with E-state index in [0.717, 1.165) is 22.5 Å². The summed E-state index contributed by atoms with van der Waals surface area (Å²) in [6.07, 6.45) is -0.549. The highest BCUT2D eigenvalue weighted by Crippen LogP contribution is 2.36. The average molecular weight is 508 g/mol.